The third-order valence-corrected chi connectivity index (χ3v) is 4.96. The van der Waals surface area contributed by atoms with E-state index < -0.39 is 6.03 Å². The maximum Gasteiger partial charge on any atom is 0.325 e. The second-order valence-corrected chi connectivity index (χ2v) is 7.11. The molecule has 2 N–H and O–H groups in total. The van der Waals surface area contributed by atoms with Gasteiger partial charge >= 0.3 is 6.03 Å². The first-order valence-corrected chi connectivity index (χ1v) is 9.65. The summed E-state index contributed by atoms with van der Waals surface area (Å²) >= 11 is 0. The Balaban J connectivity index is 1.18. The van der Waals surface area contributed by atoms with Crippen LogP contribution >= 0.6 is 0 Å². The fraction of sp³-hybridized carbons (Fsp3) is 0.333. The Morgan fingerprint density at radius 1 is 0.897 bits per heavy atom. The Morgan fingerprint density at radius 2 is 1.62 bits per heavy atom. The maximum absolute atomic E-state index is 12.1. The van der Waals surface area contributed by atoms with Gasteiger partial charge in [0, 0.05) is 38.4 Å². The van der Waals surface area contributed by atoms with Crippen LogP contribution in [0.5, 0.6) is 11.5 Å². The number of para-hydroxylation sites is 1. The molecule has 0 atom stereocenters. The number of hydrogen-bond donors (Lipinski definition) is 2. The number of hydrogen-bond acceptors (Lipinski definition) is 6. The molecule has 2 heterocycles. The summed E-state index contributed by atoms with van der Waals surface area (Å²) in [6, 6.07) is 14.5. The number of piperazine rings is 1. The van der Waals surface area contributed by atoms with Crippen LogP contribution < -0.4 is 20.1 Å². The van der Waals surface area contributed by atoms with E-state index in [1.54, 1.807) is 12.1 Å². The monoisotopic (exact) mass is 396 g/mol. The minimum Gasteiger partial charge on any atom is -0.454 e. The molecule has 8 heteroatoms. The summed E-state index contributed by atoms with van der Waals surface area (Å²) < 4.78 is 10.8. The number of imide groups is 1. The van der Waals surface area contributed by atoms with Crippen LogP contribution in [-0.2, 0) is 11.3 Å². The third-order valence-electron chi connectivity index (χ3n) is 4.96. The van der Waals surface area contributed by atoms with Gasteiger partial charge in [-0.3, -0.25) is 19.9 Å². The number of urea groups is 1. The number of nitrogens with one attached hydrogen (secondary N) is 2. The SMILES string of the molecule is O=C(CN1CCN(Cc2ccc3c(c2)OCO3)CC1)NC(=O)Nc1ccccc1. The number of nitrogens with zero attached hydrogens (tertiary/aromatic N) is 2. The number of anilines is 1. The summed E-state index contributed by atoms with van der Waals surface area (Å²) in [6.45, 7) is 4.59. The van der Waals surface area contributed by atoms with Crippen molar-refractivity contribution in [2.45, 2.75) is 6.54 Å². The van der Waals surface area contributed by atoms with Crippen molar-refractivity contribution in [3.63, 3.8) is 0 Å². The predicted molar refractivity (Wildman–Crippen MR) is 108 cm³/mol. The van der Waals surface area contributed by atoms with Gasteiger partial charge in [-0.2, -0.15) is 0 Å². The number of amides is 3. The Hall–Kier alpha value is -3.10. The van der Waals surface area contributed by atoms with Gasteiger partial charge in [-0.25, -0.2) is 4.79 Å². The Morgan fingerprint density at radius 3 is 2.41 bits per heavy atom. The lowest BCUT2D eigenvalue weighted by atomic mass is 10.1. The van der Waals surface area contributed by atoms with Crippen molar-refractivity contribution in [1.82, 2.24) is 15.1 Å². The largest absolute Gasteiger partial charge is 0.454 e. The summed E-state index contributed by atoms with van der Waals surface area (Å²) in [5.74, 6) is 1.29. The van der Waals surface area contributed by atoms with E-state index in [4.69, 9.17) is 9.47 Å². The second-order valence-electron chi connectivity index (χ2n) is 7.11. The zero-order valence-electron chi connectivity index (χ0n) is 16.1. The van der Waals surface area contributed by atoms with Crippen molar-refractivity contribution in [3.8, 4) is 11.5 Å². The first-order chi connectivity index (χ1) is 14.2. The molecule has 0 radical (unpaired) electrons. The number of ether oxygens (including phenoxy) is 2. The summed E-state index contributed by atoms with van der Waals surface area (Å²) in [7, 11) is 0. The summed E-state index contributed by atoms with van der Waals surface area (Å²) in [4.78, 5) is 28.4. The molecule has 1 saturated heterocycles. The third kappa shape index (κ3) is 5.24. The molecule has 2 aromatic carbocycles. The number of rotatable bonds is 5. The van der Waals surface area contributed by atoms with Crippen LogP contribution in [0, 0.1) is 0 Å². The van der Waals surface area contributed by atoms with E-state index in [1.807, 2.05) is 30.3 Å². The van der Waals surface area contributed by atoms with Gasteiger partial charge in [0.15, 0.2) is 11.5 Å². The molecule has 2 aliphatic rings. The van der Waals surface area contributed by atoms with Gasteiger partial charge in [-0.1, -0.05) is 24.3 Å². The molecular weight excluding hydrogens is 372 g/mol. The van der Waals surface area contributed by atoms with Gasteiger partial charge in [0.2, 0.25) is 12.7 Å². The highest BCUT2D eigenvalue weighted by molar-refractivity contribution is 6.01. The molecule has 2 aromatic rings. The van der Waals surface area contributed by atoms with Crippen molar-refractivity contribution < 1.29 is 19.1 Å². The number of benzene rings is 2. The number of fused-ring (bicyclic) bond motifs is 1. The molecule has 0 saturated carbocycles. The van der Waals surface area contributed by atoms with E-state index >= 15 is 0 Å². The normalized spacial score (nSPS) is 16.4. The van der Waals surface area contributed by atoms with Crippen LogP contribution in [0.4, 0.5) is 10.5 Å². The van der Waals surface area contributed by atoms with Crippen LogP contribution in [0.3, 0.4) is 0 Å². The highest BCUT2D eigenvalue weighted by Crippen LogP contribution is 2.32. The van der Waals surface area contributed by atoms with Crippen molar-refractivity contribution in [1.29, 1.82) is 0 Å². The van der Waals surface area contributed by atoms with Crippen LogP contribution in [0.2, 0.25) is 0 Å². The first-order valence-electron chi connectivity index (χ1n) is 9.65. The fourth-order valence-corrected chi connectivity index (χ4v) is 3.46. The zero-order chi connectivity index (χ0) is 20.1. The van der Waals surface area contributed by atoms with E-state index in [0.717, 1.165) is 44.2 Å². The quantitative estimate of drug-likeness (QED) is 0.803. The molecule has 0 bridgehead atoms. The molecule has 8 nitrogen and oxygen atoms in total. The molecule has 2 aliphatic heterocycles. The lowest BCUT2D eigenvalue weighted by Gasteiger charge is -2.34. The van der Waals surface area contributed by atoms with Gasteiger partial charge in [0.25, 0.3) is 0 Å². The van der Waals surface area contributed by atoms with Crippen LogP contribution in [0.1, 0.15) is 5.56 Å². The molecule has 0 aliphatic carbocycles. The molecule has 0 spiro atoms. The minimum atomic E-state index is -0.511. The van der Waals surface area contributed by atoms with Crippen LogP contribution in [0.15, 0.2) is 48.5 Å². The zero-order valence-corrected chi connectivity index (χ0v) is 16.1. The van der Waals surface area contributed by atoms with Crippen molar-refractivity contribution >= 4 is 17.6 Å². The Bertz CT molecular complexity index is 866. The Kier molecular flexibility index (Phi) is 5.92. The van der Waals surface area contributed by atoms with Crippen molar-refractivity contribution in [2.75, 3.05) is 44.8 Å². The van der Waals surface area contributed by atoms with E-state index in [0.29, 0.717) is 5.69 Å². The summed E-state index contributed by atoms with van der Waals surface area (Å²) in [6.07, 6.45) is 0. The van der Waals surface area contributed by atoms with E-state index in [9.17, 15) is 9.59 Å². The molecule has 1 fully saturated rings. The minimum absolute atomic E-state index is 0.208. The number of carbonyl (C=O) groups is 2. The van der Waals surface area contributed by atoms with Crippen LogP contribution in [0.25, 0.3) is 0 Å². The average molecular weight is 396 g/mol. The molecule has 152 valence electrons. The van der Waals surface area contributed by atoms with Gasteiger partial charge in [-0.05, 0) is 29.8 Å². The summed E-state index contributed by atoms with van der Waals surface area (Å²) in [5, 5.41) is 5.03. The van der Waals surface area contributed by atoms with Gasteiger partial charge in [-0.15, -0.1) is 0 Å². The molecule has 0 unspecified atom stereocenters. The molecule has 0 aromatic heterocycles. The topological polar surface area (TPSA) is 83.1 Å². The van der Waals surface area contributed by atoms with Crippen molar-refractivity contribution in [3.05, 3.63) is 54.1 Å². The first kappa shape index (κ1) is 19.2. The standard InChI is InChI=1S/C21H24N4O4/c26-20(23-21(27)22-17-4-2-1-3-5-17)14-25-10-8-24(9-11-25)13-16-6-7-18-19(12-16)29-15-28-18/h1-7,12H,8-11,13-15H2,(H2,22,23,26,27). The molecule has 3 amide bonds. The van der Waals surface area contributed by atoms with E-state index in [1.165, 1.54) is 5.56 Å². The molecule has 29 heavy (non-hydrogen) atoms. The molecular formula is C21H24N4O4. The van der Waals surface area contributed by atoms with Gasteiger partial charge in [0.1, 0.15) is 0 Å². The second kappa shape index (κ2) is 8.93. The maximum atomic E-state index is 12.1. The van der Waals surface area contributed by atoms with Crippen molar-refractivity contribution in [2.24, 2.45) is 0 Å². The van der Waals surface area contributed by atoms with Gasteiger partial charge < -0.3 is 14.8 Å². The Labute approximate surface area is 169 Å². The number of carbonyl (C=O) groups excluding carboxylic acids is 2. The predicted octanol–water partition coefficient (Wildman–Crippen LogP) is 1.88. The highest BCUT2D eigenvalue weighted by Gasteiger charge is 2.21. The van der Waals surface area contributed by atoms with E-state index in [2.05, 4.69) is 26.5 Å². The van der Waals surface area contributed by atoms with Crippen LogP contribution in [-0.4, -0.2) is 61.3 Å². The lowest BCUT2D eigenvalue weighted by Crippen LogP contribution is -2.50. The fourth-order valence-electron chi connectivity index (χ4n) is 3.46. The average Bonchev–Trinajstić information content (AvgIpc) is 3.18. The summed E-state index contributed by atoms with van der Waals surface area (Å²) in [5.41, 5.74) is 1.83. The van der Waals surface area contributed by atoms with Gasteiger partial charge in [0.05, 0.1) is 6.54 Å². The van der Waals surface area contributed by atoms with E-state index in [-0.39, 0.29) is 19.2 Å². The smallest absolute Gasteiger partial charge is 0.325 e. The highest BCUT2D eigenvalue weighted by atomic mass is 16.7. The molecule has 4 rings (SSSR count). The lowest BCUT2D eigenvalue weighted by molar-refractivity contribution is -0.121.